The summed E-state index contributed by atoms with van der Waals surface area (Å²) in [6, 6.07) is 0. The van der Waals surface area contributed by atoms with Crippen LogP contribution in [0.1, 0.15) is 424 Å². The molecule has 0 aromatic rings. The summed E-state index contributed by atoms with van der Waals surface area (Å²) in [4.78, 5) is 12.8. The zero-order chi connectivity index (χ0) is 88.9. The van der Waals surface area contributed by atoms with E-state index in [1.807, 2.05) is 42.2 Å². The molecule has 1 aliphatic heterocycles. The Balaban J connectivity index is 3.98. The largest absolute Gasteiger partial charge is 0.302 e. The van der Waals surface area contributed by atoms with Crippen molar-refractivity contribution in [2.45, 2.75) is 486 Å². The molecule has 1 saturated heterocycles. The highest BCUT2D eigenvalue weighted by molar-refractivity contribution is 9.13. The Bertz CT molecular complexity index is 2790. The van der Waals surface area contributed by atoms with Crippen molar-refractivity contribution in [2.75, 3.05) is 5.75 Å². The molecule has 0 radical (unpaired) electrons. The van der Waals surface area contributed by atoms with Gasteiger partial charge in [0.05, 0.1) is 23.1 Å². The zero-order valence-electron chi connectivity index (χ0n) is 79.4. The highest BCUT2D eigenvalue weighted by atomic mass is 33.5. The van der Waals surface area contributed by atoms with Crippen molar-refractivity contribution in [1.82, 2.24) is 0 Å². The molecule has 1 heterocycles. The quantitative estimate of drug-likeness (QED) is 0.0155. The summed E-state index contributed by atoms with van der Waals surface area (Å²) in [5.74, 6) is 1.21. The van der Waals surface area contributed by atoms with E-state index in [1.54, 1.807) is 0 Å². The summed E-state index contributed by atoms with van der Waals surface area (Å²) in [5.41, 5.74) is 9.80. The van der Waals surface area contributed by atoms with Crippen LogP contribution in [0.4, 0.5) is 0 Å². The number of unbranched alkanes of at least 4 members (excludes halogenated alkanes) is 12. The van der Waals surface area contributed by atoms with E-state index in [0.717, 1.165) is 120 Å². The van der Waals surface area contributed by atoms with Gasteiger partial charge in [0.25, 0.3) is 0 Å². The maximum atomic E-state index is 12.8. The number of rotatable bonds is 77. The van der Waals surface area contributed by atoms with Crippen LogP contribution >= 0.6 is 246 Å². The third-order valence-electron chi connectivity index (χ3n) is 20.8. The maximum Gasteiger partial charge on any atom is 0.136 e. The molecule has 0 amide bonds. The van der Waals surface area contributed by atoms with Gasteiger partial charge in [-0.3, -0.25) is 0 Å². The van der Waals surface area contributed by atoms with Gasteiger partial charge < -0.3 is 4.79 Å². The molecule has 0 saturated carbocycles. The van der Waals surface area contributed by atoms with Crippen LogP contribution in [0.25, 0.3) is 0 Å². The normalized spacial score (nSPS) is 18.1. The van der Waals surface area contributed by atoms with Crippen molar-refractivity contribution in [3.63, 3.8) is 0 Å². The fourth-order valence-electron chi connectivity index (χ4n) is 12.9. The minimum absolute atomic E-state index is 0.0325. The Morgan fingerprint density at radius 1 is 0.353 bits per heavy atom. The first-order chi connectivity index (χ1) is 56.4. The third kappa shape index (κ3) is 69.2. The van der Waals surface area contributed by atoms with E-state index in [2.05, 4.69) is 418 Å². The predicted octanol–water partition coefficient (Wildman–Crippen LogP) is 44.1. The number of allylic oxidation sites excluding steroid dienone is 14. The molecule has 1 fully saturated rings. The molecule has 0 aromatic carbocycles. The SMILES string of the molecule is CCCCCCC(CCCCCC)SSCCC(C)(CCC=C(C)C)SSSC(CC(C)(CCC=C(C)C)SSSC(C)(CCC=C(C)C)CC1SSSC(CC(C)(CCC=C(C)C)SSC(C)(C=O)CCC=C(C)C)SS1)SS/C=C\C(C)(CCC=C(C)C)SSSC(CC(C)(S)CCC=C(C)C)SSC(CCCCCC)CCCCCC. The second kappa shape index (κ2) is 73.9. The molecular weight excluding hydrogens is 1890 g/mol. The second-order valence-electron chi connectivity index (χ2n) is 36.7. The molecule has 1 aliphatic rings. The fraction of sp³-hybridized carbons (Fsp3) is 0.821. The molecule has 0 aromatic heterocycles. The van der Waals surface area contributed by atoms with Crippen LogP contribution in [0.5, 0.6) is 0 Å². The number of hydrogen-bond donors (Lipinski definition) is 1. The van der Waals surface area contributed by atoms with Gasteiger partial charge in [0, 0.05) is 44.7 Å². The first kappa shape index (κ1) is 123. The minimum atomic E-state index is -0.414. The summed E-state index contributed by atoms with van der Waals surface area (Å²) < 4.78 is 1.57. The lowest BCUT2D eigenvalue weighted by molar-refractivity contribution is -0.109. The molecule has 0 bridgehead atoms. The van der Waals surface area contributed by atoms with Crippen LogP contribution in [-0.4, -0.2) is 74.1 Å². The van der Waals surface area contributed by atoms with Gasteiger partial charge in [-0.05, 0) is 331 Å². The van der Waals surface area contributed by atoms with Crippen molar-refractivity contribution in [1.29, 1.82) is 0 Å². The Labute approximate surface area is 831 Å². The van der Waals surface area contributed by atoms with Crippen molar-refractivity contribution < 1.29 is 4.79 Å². The monoisotopic (exact) mass is 2060 g/mol. The van der Waals surface area contributed by atoms with Gasteiger partial charge >= 0.3 is 0 Å². The van der Waals surface area contributed by atoms with Crippen LogP contribution < -0.4 is 0 Å². The minimum Gasteiger partial charge on any atom is -0.302 e. The molecular formula is C95H172OS23. The van der Waals surface area contributed by atoms with Gasteiger partial charge in [-0.25, -0.2) is 0 Å². The lowest BCUT2D eigenvalue weighted by Crippen LogP contribution is -2.27. The third-order valence-corrected chi connectivity index (χ3v) is 61.1. The van der Waals surface area contributed by atoms with Gasteiger partial charge in [-0.2, -0.15) is 12.6 Å². The van der Waals surface area contributed by atoms with E-state index in [1.165, 1.54) is 192 Å². The number of aldehydes is 1. The Morgan fingerprint density at radius 3 is 1.16 bits per heavy atom. The highest BCUT2D eigenvalue weighted by Crippen LogP contribution is 2.65. The lowest BCUT2D eigenvalue weighted by Gasteiger charge is -2.35. The van der Waals surface area contributed by atoms with Crippen LogP contribution in [0.2, 0.25) is 0 Å². The number of hydrogen-bond acceptors (Lipinski definition) is 24. The highest BCUT2D eigenvalue weighted by Gasteiger charge is 2.40. The molecule has 0 aliphatic carbocycles. The van der Waals surface area contributed by atoms with Gasteiger partial charge in [-0.15, -0.1) is 0 Å². The fourth-order valence-corrected chi connectivity index (χ4v) is 58.7. The average molecular weight is 2070 g/mol. The Morgan fingerprint density at radius 2 is 0.723 bits per heavy atom. The number of thiol groups is 1. The summed E-state index contributed by atoms with van der Waals surface area (Å²) in [6.45, 7) is 58.4. The van der Waals surface area contributed by atoms with E-state index in [-0.39, 0.29) is 28.5 Å². The van der Waals surface area contributed by atoms with Crippen LogP contribution in [0, 0.1) is 0 Å². The van der Waals surface area contributed by atoms with E-state index >= 15 is 0 Å². The van der Waals surface area contributed by atoms with Crippen LogP contribution in [0.15, 0.2) is 93.0 Å². The maximum absolute atomic E-state index is 12.8. The molecule has 696 valence electrons. The molecule has 11 unspecified atom stereocenters. The van der Waals surface area contributed by atoms with Crippen molar-refractivity contribution >= 4 is 253 Å². The smallest absolute Gasteiger partial charge is 0.136 e. The van der Waals surface area contributed by atoms with Crippen molar-refractivity contribution in [3.05, 3.63) is 93.0 Å². The van der Waals surface area contributed by atoms with Gasteiger partial charge in [0.15, 0.2) is 0 Å². The summed E-state index contributed by atoms with van der Waals surface area (Å²) in [7, 11) is 46.7. The van der Waals surface area contributed by atoms with E-state index in [9.17, 15) is 4.79 Å². The van der Waals surface area contributed by atoms with Crippen LogP contribution in [-0.2, 0) is 4.79 Å². The summed E-state index contributed by atoms with van der Waals surface area (Å²) in [5, 5.41) is 4.02. The first-order valence-corrected chi connectivity index (χ1v) is 71.4. The Hall–Kier alpha value is 5.64. The molecule has 1 rings (SSSR count). The number of carbonyl (C=O) groups is 1. The molecule has 119 heavy (non-hydrogen) atoms. The first-order valence-electron chi connectivity index (χ1n) is 45.4. The van der Waals surface area contributed by atoms with Gasteiger partial charge in [-0.1, -0.05) is 419 Å². The second-order valence-corrected chi connectivity index (χ2v) is 71.8. The Kier molecular flexibility index (Phi) is 76.2. The number of carbonyl (C=O) groups excluding carboxylic acids is 1. The standard InChI is InChI=1S/C95H172OS23/c1-26-30-34-38-56-83(57-39-35-31-27-2)100-98-69-67-90(20,61-43-50-77(7)8)113-118-109-86(102-99-70-68-91(21,62-44-51-78(9)10)112-117-108-85(71-89(19,97)60-42-49-76(5)6)103-101-84(58-40-36-32-28-3)59-41-37-33-29-4)72-93(23,64-46-53-80(13)14)114-119-115-94(24,65-47-54-81(15)16)74-88-105-104-87(106-116-107-88)73-92(22,63-45-52-79(11)12)110-111-95(25,75-96)66-48-55-82(17)18/h49-55,68,70,75,83-88,97H,26-48,56-67,69,71-74H2,1-25H3/b70-68-. The predicted molar refractivity (Wildman–Crippen MR) is 616 cm³/mol. The average Bonchev–Trinajstić information content (AvgIpc) is 1.83. The molecule has 0 spiro atoms. The summed E-state index contributed by atoms with van der Waals surface area (Å²) >= 11 is 5.48. The van der Waals surface area contributed by atoms with E-state index in [0.29, 0.717) is 18.3 Å². The molecule has 11 atom stereocenters. The van der Waals surface area contributed by atoms with Gasteiger partial charge in [0.2, 0.25) is 0 Å². The van der Waals surface area contributed by atoms with Crippen molar-refractivity contribution in [2.24, 2.45) is 0 Å². The van der Waals surface area contributed by atoms with E-state index in [4.69, 9.17) is 12.6 Å². The molecule has 0 N–H and O–H groups in total. The van der Waals surface area contributed by atoms with Gasteiger partial charge in [0.1, 0.15) is 6.29 Å². The van der Waals surface area contributed by atoms with Crippen molar-refractivity contribution in [3.8, 4) is 0 Å². The zero-order valence-corrected chi connectivity index (χ0v) is 98.2. The molecule has 1 nitrogen and oxygen atoms in total. The summed E-state index contributed by atoms with van der Waals surface area (Å²) in [6.07, 6.45) is 69.0. The topological polar surface area (TPSA) is 17.1 Å². The lowest BCUT2D eigenvalue weighted by atomic mass is 10.0. The van der Waals surface area contributed by atoms with Crippen LogP contribution in [0.3, 0.4) is 0 Å². The van der Waals surface area contributed by atoms with E-state index < -0.39 is 4.75 Å². The molecule has 24 heteroatoms.